The molecule has 1 heterocycles. The lowest BCUT2D eigenvalue weighted by Crippen LogP contribution is -2.47. The molecule has 94 valence electrons. The van der Waals surface area contributed by atoms with Crippen LogP contribution in [-0.2, 0) is 4.74 Å². The number of hydrogen-bond donors (Lipinski definition) is 2. The fourth-order valence-corrected chi connectivity index (χ4v) is 1.97. The lowest BCUT2D eigenvalue weighted by molar-refractivity contribution is 0.0293. The Balaban J connectivity index is 2.16. The van der Waals surface area contributed by atoms with Crippen molar-refractivity contribution in [1.82, 2.24) is 10.2 Å². The molecule has 0 aromatic carbocycles. The number of likely N-dealkylation sites (N-methyl/N-ethyl adjacent to an activating group) is 1. The van der Waals surface area contributed by atoms with E-state index in [9.17, 15) is 5.11 Å². The van der Waals surface area contributed by atoms with Crippen LogP contribution in [0.15, 0.2) is 12.3 Å². The molecular formula is C12H24N2O2. The van der Waals surface area contributed by atoms with Gasteiger partial charge < -0.3 is 20.1 Å². The lowest BCUT2D eigenvalue weighted by atomic mass is 10.1. The van der Waals surface area contributed by atoms with Crippen LogP contribution in [0.25, 0.3) is 0 Å². The molecule has 4 heteroatoms. The summed E-state index contributed by atoms with van der Waals surface area (Å²) in [5, 5.41) is 13.3. The molecule has 0 fully saturated rings. The van der Waals surface area contributed by atoms with Gasteiger partial charge in [-0.1, -0.05) is 0 Å². The number of nitrogens with one attached hydrogen (secondary N) is 1. The van der Waals surface area contributed by atoms with Gasteiger partial charge in [-0.2, -0.15) is 0 Å². The molecular weight excluding hydrogens is 204 g/mol. The normalized spacial score (nSPS) is 24.2. The molecule has 1 aliphatic heterocycles. The van der Waals surface area contributed by atoms with Crippen molar-refractivity contribution in [3.05, 3.63) is 12.3 Å². The second-order valence-electron chi connectivity index (χ2n) is 5.07. The number of rotatable bonds is 6. The minimum Gasteiger partial charge on any atom is -0.497 e. The number of hydrogen-bond acceptors (Lipinski definition) is 4. The SMILES string of the molecule is CN(C)CC(C)(O)CNCC1CCC=CO1. The van der Waals surface area contributed by atoms with Gasteiger partial charge in [-0.3, -0.25) is 0 Å². The third-order valence-electron chi connectivity index (χ3n) is 2.56. The van der Waals surface area contributed by atoms with Crippen molar-refractivity contribution < 1.29 is 9.84 Å². The Morgan fingerprint density at radius 3 is 2.88 bits per heavy atom. The van der Waals surface area contributed by atoms with Crippen LogP contribution in [0.4, 0.5) is 0 Å². The monoisotopic (exact) mass is 228 g/mol. The Kier molecular flexibility index (Phi) is 5.25. The maximum atomic E-state index is 10.1. The summed E-state index contributed by atoms with van der Waals surface area (Å²) in [6, 6.07) is 0. The zero-order valence-electron chi connectivity index (χ0n) is 10.6. The first-order valence-corrected chi connectivity index (χ1v) is 5.88. The summed E-state index contributed by atoms with van der Waals surface area (Å²) in [5.41, 5.74) is -0.687. The standard InChI is InChI=1S/C12H24N2O2/c1-12(15,10-14(2)3)9-13-8-11-6-4-5-7-16-11/h5,7,11,13,15H,4,6,8-10H2,1-3H3. The predicted octanol–water partition coefficient (Wildman–Crippen LogP) is 0.581. The largest absolute Gasteiger partial charge is 0.497 e. The molecule has 1 aliphatic rings. The minimum atomic E-state index is -0.687. The molecule has 1 rings (SSSR count). The summed E-state index contributed by atoms with van der Waals surface area (Å²) < 4.78 is 5.44. The Morgan fingerprint density at radius 2 is 2.31 bits per heavy atom. The van der Waals surface area contributed by atoms with Gasteiger partial charge in [0.05, 0.1) is 11.9 Å². The van der Waals surface area contributed by atoms with Gasteiger partial charge in [-0.05, 0) is 39.9 Å². The Hall–Kier alpha value is -0.580. The summed E-state index contributed by atoms with van der Waals surface area (Å²) in [5.74, 6) is 0. The third kappa shape index (κ3) is 5.49. The maximum Gasteiger partial charge on any atom is 0.110 e. The van der Waals surface area contributed by atoms with Crippen LogP contribution in [-0.4, -0.2) is 55.4 Å². The van der Waals surface area contributed by atoms with Crippen LogP contribution in [0, 0.1) is 0 Å². The zero-order valence-corrected chi connectivity index (χ0v) is 10.6. The average molecular weight is 228 g/mol. The van der Waals surface area contributed by atoms with Crippen LogP contribution in [0.2, 0.25) is 0 Å². The van der Waals surface area contributed by atoms with Crippen LogP contribution in [0.1, 0.15) is 19.8 Å². The maximum absolute atomic E-state index is 10.1. The average Bonchev–Trinajstić information content (AvgIpc) is 2.16. The van der Waals surface area contributed by atoms with E-state index in [-0.39, 0.29) is 6.10 Å². The fraction of sp³-hybridized carbons (Fsp3) is 0.833. The first-order chi connectivity index (χ1) is 7.49. The highest BCUT2D eigenvalue weighted by molar-refractivity contribution is 4.84. The summed E-state index contributed by atoms with van der Waals surface area (Å²) >= 11 is 0. The molecule has 0 saturated carbocycles. The van der Waals surface area contributed by atoms with Gasteiger partial charge >= 0.3 is 0 Å². The first-order valence-electron chi connectivity index (χ1n) is 5.88. The van der Waals surface area contributed by atoms with Crippen LogP contribution in [0.5, 0.6) is 0 Å². The van der Waals surface area contributed by atoms with Gasteiger partial charge in [0, 0.05) is 19.6 Å². The summed E-state index contributed by atoms with van der Waals surface area (Å²) in [6.45, 7) is 3.90. The summed E-state index contributed by atoms with van der Waals surface area (Å²) in [4.78, 5) is 1.99. The van der Waals surface area contributed by atoms with Crippen LogP contribution in [0.3, 0.4) is 0 Å². The number of nitrogens with zero attached hydrogens (tertiary/aromatic N) is 1. The van der Waals surface area contributed by atoms with E-state index in [1.165, 1.54) is 0 Å². The molecule has 0 amide bonds. The Labute approximate surface area is 98.3 Å². The number of allylic oxidation sites excluding steroid dienone is 1. The molecule has 0 aromatic rings. The minimum absolute atomic E-state index is 0.250. The van der Waals surface area contributed by atoms with Crippen LogP contribution < -0.4 is 5.32 Å². The van der Waals surface area contributed by atoms with Gasteiger partial charge in [-0.25, -0.2) is 0 Å². The van der Waals surface area contributed by atoms with Crippen molar-refractivity contribution >= 4 is 0 Å². The van der Waals surface area contributed by atoms with E-state index in [2.05, 4.69) is 5.32 Å². The van der Waals surface area contributed by atoms with Crippen molar-refractivity contribution in [2.45, 2.75) is 31.5 Å². The van der Waals surface area contributed by atoms with E-state index in [1.54, 1.807) is 6.26 Å². The summed E-state index contributed by atoms with van der Waals surface area (Å²) in [7, 11) is 3.92. The zero-order chi connectivity index (χ0) is 12.0. The van der Waals surface area contributed by atoms with E-state index in [0.717, 1.165) is 19.4 Å². The highest BCUT2D eigenvalue weighted by Gasteiger charge is 2.21. The fourth-order valence-electron chi connectivity index (χ4n) is 1.97. The van der Waals surface area contributed by atoms with E-state index < -0.39 is 5.60 Å². The molecule has 0 aliphatic carbocycles. The van der Waals surface area contributed by atoms with E-state index in [1.807, 2.05) is 32.0 Å². The van der Waals surface area contributed by atoms with E-state index in [4.69, 9.17) is 4.74 Å². The van der Waals surface area contributed by atoms with Crippen molar-refractivity contribution in [3.63, 3.8) is 0 Å². The van der Waals surface area contributed by atoms with Crippen molar-refractivity contribution in [1.29, 1.82) is 0 Å². The quantitative estimate of drug-likeness (QED) is 0.698. The Bertz CT molecular complexity index is 227. The smallest absolute Gasteiger partial charge is 0.110 e. The molecule has 2 N–H and O–H groups in total. The van der Waals surface area contributed by atoms with Gasteiger partial charge in [0.15, 0.2) is 0 Å². The second kappa shape index (κ2) is 6.23. The number of ether oxygens (including phenoxy) is 1. The molecule has 2 atom stereocenters. The predicted molar refractivity (Wildman–Crippen MR) is 65.3 cm³/mol. The molecule has 0 spiro atoms. The molecule has 4 nitrogen and oxygen atoms in total. The van der Waals surface area contributed by atoms with Crippen molar-refractivity contribution in [2.24, 2.45) is 0 Å². The third-order valence-corrected chi connectivity index (χ3v) is 2.56. The van der Waals surface area contributed by atoms with E-state index in [0.29, 0.717) is 13.1 Å². The highest BCUT2D eigenvalue weighted by atomic mass is 16.5. The van der Waals surface area contributed by atoms with Crippen LogP contribution >= 0.6 is 0 Å². The van der Waals surface area contributed by atoms with Gasteiger partial charge in [-0.15, -0.1) is 0 Å². The van der Waals surface area contributed by atoms with Crippen molar-refractivity contribution in [3.8, 4) is 0 Å². The molecule has 0 aromatic heterocycles. The van der Waals surface area contributed by atoms with Crippen molar-refractivity contribution in [2.75, 3.05) is 33.7 Å². The number of aliphatic hydroxyl groups is 1. The molecule has 0 saturated heterocycles. The van der Waals surface area contributed by atoms with Gasteiger partial charge in [0.25, 0.3) is 0 Å². The molecule has 0 radical (unpaired) electrons. The van der Waals surface area contributed by atoms with Gasteiger partial charge in [0.2, 0.25) is 0 Å². The second-order valence-corrected chi connectivity index (χ2v) is 5.07. The summed E-state index contributed by atoms with van der Waals surface area (Å²) in [6.07, 6.45) is 6.20. The van der Waals surface area contributed by atoms with E-state index >= 15 is 0 Å². The Morgan fingerprint density at radius 1 is 1.56 bits per heavy atom. The lowest BCUT2D eigenvalue weighted by Gasteiger charge is -2.28. The van der Waals surface area contributed by atoms with Gasteiger partial charge in [0.1, 0.15) is 6.10 Å². The topological polar surface area (TPSA) is 44.7 Å². The molecule has 16 heavy (non-hydrogen) atoms. The molecule has 0 bridgehead atoms. The first kappa shape index (κ1) is 13.5. The molecule has 2 unspecified atom stereocenters. The highest BCUT2D eigenvalue weighted by Crippen LogP contribution is 2.09.